The van der Waals surface area contributed by atoms with Gasteiger partial charge in [-0.15, -0.1) is 0 Å². The maximum absolute atomic E-state index is 5.89. The predicted molar refractivity (Wildman–Crippen MR) is 68.2 cm³/mol. The predicted octanol–water partition coefficient (Wildman–Crippen LogP) is 1.66. The van der Waals surface area contributed by atoms with Gasteiger partial charge in [-0.25, -0.2) is 4.98 Å². The van der Waals surface area contributed by atoms with E-state index in [4.69, 9.17) is 10.5 Å². The number of H-pyrrole nitrogens is 1. The first-order valence-corrected chi connectivity index (χ1v) is 5.45. The molecule has 0 radical (unpaired) electrons. The van der Waals surface area contributed by atoms with Crippen molar-refractivity contribution >= 4 is 11.4 Å². The van der Waals surface area contributed by atoms with E-state index < -0.39 is 0 Å². The number of methoxy groups -OCH3 is 1. The maximum Gasteiger partial charge on any atom is 0.121 e. The van der Waals surface area contributed by atoms with Crippen LogP contribution in [-0.2, 0) is 6.42 Å². The number of nitrogens with one attached hydrogen (secondary N) is 2. The van der Waals surface area contributed by atoms with E-state index in [1.54, 1.807) is 19.4 Å². The summed E-state index contributed by atoms with van der Waals surface area (Å²) in [5.74, 6) is 1.73. The quantitative estimate of drug-likeness (QED) is 0.685. The number of aromatic amines is 1. The number of anilines is 2. The first-order valence-electron chi connectivity index (χ1n) is 5.45. The van der Waals surface area contributed by atoms with Gasteiger partial charge in [-0.05, 0) is 12.1 Å². The Morgan fingerprint density at radius 2 is 2.35 bits per heavy atom. The molecule has 0 aliphatic rings. The highest BCUT2D eigenvalue weighted by Crippen LogP contribution is 2.23. The minimum Gasteiger partial charge on any atom is -0.497 e. The molecule has 1 aromatic heterocycles. The van der Waals surface area contributed by atoms with Crippen LogP contribution in [0.3, 0.4) is 0 Å². The Hall–Kier alpha value is -2.17. The van der Waals surface area contributed by atoms with Gasteiger partial charge in [-0.2, -0.15) is 0 Å². The number of aromatic nitrogens is 2. The van der Waals surface area contributed by atoms with E-state index in [9.17, 15) is 0 Å². The fourth-order valence-electron chi connectivity index (χ4n) is 1.58. The number of ether oxygens (including phenoxy) is 1. The number of benzene rings is 1. The van der Waals surface area contributed by atoms with E-state index in [2.05, 4.69) is 15.3 Å². The first-order chi connectivity index (χ1) is 8.29. The van der Waals surface area contributed by atoms with Crippen molar-refractivity contribution < 1.29 is 4.74 Å². The van der Waals surface area contributed by atoms with Gasteiger partial charge in [0.1, 0.15) is 11.6 Å². The molecule has 5 nitrogen and oxygen atoms in total. The molecule has 0 aliphatic carbocycles. The van der Waals surface area contributed by atoms with Gasteiger partial charge in [-0.3, -0.25) is 0 Å². The van der Waals surface area contributed by atoms with Crippen LogP contribution < -0.4 is 15.8 Å². The van der Waals surface area contributed by atoms with Gasteiger partial charge in [-0.1, -0.05) is 0 Å². The Morgan fingerprint density at radius 3 is 3.00 bits per heavy atom. The summed E-state index contributed by atoms with van der Waals surface area (Å²) in [6.45, 7) is 0.782. The Bertz CT molecular complexity index is 467. The zero-order chi connectivity index (χ0) is 12.1. The van der Waals surface area contributed by atoms with Gasteiger partial charge in [0, 0.05) is 31.4 Å². The Labute approximate surface area is 100 Å². The van der Waals surface area contributed by atoms with Crippen LogP contribution in [0.15, 0.2) is 30.6 Å². The van der Waals surface area contributed by atoms with Crippen molar-refractivity contribution in [1.29, 1.82) is 0 Å². The lowest BCUT2D eigenvalue weighted by Crippen LogP contribution is -2.07. The lowest BCUT2D eigenvalue weighted by Gasteiger charge is -2.09. The van der Waals surface area contributed by atoms with Crippen molar-refractivity contribution in [3.05, 3.63) is 36.4 Å². The van der Waals surface area contributed by atoms with Gasteiger partial charge in [0.15, 0.2) is 0 Å². The minimum atomic E-state index is 0.684. The van der Waals surface area contributed by atoms with Crippen LogP contribution >= 0.6 is 0 Å². The summed E-state index contributed by atoms with van der Waals surface area (Å²) < 4.78 is 5.09. The molecule has 0 fully saturated rings. The molecule has 2 aromatic rings. The number of hydrogen-bond acceptors (Lipinski definition) is 4. The minimum absolute atomic E-state index is 0.684. The molecule has 1 heterocycles. The zero-order valence-electron chi connectivity index (χ0n) is 9.73. The monoisotopic (exact) mass is 232 g/mol. The third-order valence-corrected chi connectivity index (χ3v) is 2.49. The molecule has 17 heavy (non-hydrogen) atoms. The summed E-state index contributed by atoms with van der Waals surface area (Å²) in [4.78, 5) is 7.20. The highest BCUT2D eigenvalue weighted by molar-refractivity contribution is 5.68. The van der Waals surface area contributed by atoms with Crippen molar-refractivity contribution in [3.8, 4) is 5.75 Å². The molecule has 0 saturated heterocycles. The van der Waals surface area contributed by atoms with Gasteiger partial charge in [0.25, 0.3) is 0 Å². The average Bonchev–Trinajstić information content (AvgIpc) is 2.84. The maximum atomic E-state index is 5.89. The second kappa shape index (κ2) is 5.25. The normalized spacial score (nSPS) is 10.2. The summed E-state index contributed by atoms with van der Waals surface area (Å²) in [5.41, 5.74) is 7.49. The molecule has 0 atom stereocenters. The lowest BCUT2D eigenvalue weighted by molar-refractivity contribution is 0.415. The average molecular weight is 232 g/mol. The van der Waals surface area contributed by atoms with Crippen molar-refractivity contribution in [3.63, 3.8) is 0 Å². The molecule has 5 heteroatoms. The molecule has 0 aliphatic heterocycles. The first kappa shape index (κ1) is 11.3. The third-order valence-electron chi connectivity index (χ3n) is 2.49. The summed E-state index contributed by atoms with van der Waals surface area (Å²) in [7, 11) is 1.62. The Morgan fingerprint density at radius 1 is 1.47 bits per heavy atom. The van der Waals surface area contributed by atoms with Crippen LogP contribution in [-0.4, -0.2) is 23.6 Å². The molecule has 1 aromatic carbocycles. The standard InChI is InChI=1S/C12H16N4O/c1-17-9-2-3-11(10(13)8-9)14-5-4-12-15-6-7-16-12/h2-3,6-8,14H,4-5,13H2,1H3,(H,15,16). The number of nitrogen functional groups attached to an aromatic ring is 1. The van der Waals surface area contributed by atoms with E-state index in [-0.39, 0.29) is 0 Å². The van der Waals surface area contributed by atoms with Crippen molar-refractivity contribution in [2.24, 2.45) is 0 Å². The molecule has 0 spiro atoms. The van der Waals surface area contributed by atoms with Crippen LogP contribution in [0.1, 0.15) is 5.82 Å². The topological polar surface area (TPSA) is 76.0 Å². The summed E-state index contributed by atoms with van der Waals surface area (Å²) in [6.07, 6.45) is 4.40. The van der Waals surface area contributed by atoms with E-state index in [0.717, 1.165) is 30.2 Å². The number of hydrogen-bond donors (Lipinski definition) is 3. The van der Waals surface area contributed by atoms with Gasteiger partial charge >= 0.3 is 0 Å². The number of nitrogens with zero attached hydrogens (tertiary/aromatic N) is 1. The summed E-state index contributed by atoms with van der Waals surface area (Å²) in [6, 6.07) is 5.59. The zero-order valence-corrected chi connectivity index (χ0v) is 9.73. The molecule has 0 unspecified atom stereocenters. The van der Waals surface area contributed by atoms with Crippen LogP contribution in [0.4, 0.5) is 11.4 Å². The van der Waals surface area contributed by atoms with E-state index in [1.807, 2.05) is 18.3 Å². The van der Waals surface area contributed by atoms with Gasteiger partial charge in [0.05, 0.1) is 18.5 Å². The SMILES string of the molecule is COc1ccc(NCCc2ncc[nH]2)c(N)c1. The second-order valence-electron chi connectivity index (χ2n) is 3.67. The number of nitrogens with two attached hydrogens (primary N) is 1. The summed E-state index contributed by atoms with van der Waals surface area (Å²) >= 11 is 0. The van der Waals surface area contributed by atoms with Crippen LogP contribution in [0.25, 0.3) is 0 Å². The van der Waals surface area contributed by atoms with Crippen LogP contribution in [0.5, 0.6) is 5.75 Å². The van der Waals surface area contributed by atoms with Crippen LogP contribution in [0.2, 0.25) is 0 Å². The summed E-state index contributed by atoms with van der Waals surface area (Å²) in [5, 5.41) is 3.26. The lowest BCUT2D eigenvalue weighted by atomic mass is 10.2. The molecule has 0 amide bonds. The molecule has 0 bridgehead atoms. The van der Waals surface area contributed by atoms with E-state index in [1.165, 1.54) is 0 Å². The van der Waals surface area contributed by atoms with E-state index >= 15 is 0 Å². The van der Waals surface area contributed by atoms with Gasteiger partial charge in [0.2, 0.25) is 0 Å². The number of rotatable bonds is 5. The van der Waals surface area contributed by atoms with Crippen molar-refractivity contribution in [2.75, 3.05) is 24.7 Å². The van der Waals surface area contributed by atoms with Crippen molar-refractivity contribution in [2.45, 2.75) is 6.42 Å². The molecule has 4 N–H and O–H groups in total. The number of imidazole rings is 1. The smallest absolute Gasteiger partial charge is 0.121 e. The molecule has 2 rings (SSSR count). The molecular weight excluding hydrogens is 216 g/mol. The molecular formula is C12H16N4O. The highest BCUT2D eigenvalue weighted by Gasteiger charge is 2.01. The van der Waals surface area contributed by atoms with E-state index in [0.29, 0.717) is 5.69 Å². The molecule has 90 valence electrons. The fraction of sp³-hybridized carbons (Fsp3) is 0.250. The van der Waals surface area contributed by atoms with Crippen molar-refractivity contribution in [1.82, 2.24) is 9.97 Å². The second-order valence-corrected chi connectivity index (χ2v) is 3.67. The largest absolute Gasteiger partial charge is 0.497 e. The van der Waals surface area contributed by atoms with Gasteiger partial charge < -0.3 is 20.8 Å². The third kappa shape index (κ3) is 2.90. The fourth-order valence-corrected chi connectivity index (χ4v) is 1.58. The Balaban J connectivity index is 1.90. The Kier molecular flexibility index (Phi) is 3.49. The highest BCUT2D eigenvalue weighted by atomic mass is 16.5. The molecule has 0 saturated carbocycles. The van der Waals surface area contributed by atoms with Crippen LogP contribution in [0, 0.1) is 0 Å².